The number of anilines is 2. The van der Waals surface area contributed by atoms with Gasteiger partial charge in [-0.15, -0.1) is 0 Å². The summed E-state index contributed by atoms with van der Waals surface area (Å²) >= 11 is 0. The number of nitrogens with two attached hydrogens (primary N) is 1. The molecule has 2 rings (SSSR count). The molecular weight excluding hydrogens is 226 g/mol. The first-order valence-electron chi connectivity index (χ1n) is 6.50. The fraction of sp³-hybridized carbons (Fsp3) is 0.500. The van der Waals surface area contributed by atoms with E-state index in [0.717, 1.165) is 5.69 Å². The van der Waals surface area contributed by atoms with Crippen molar-refractivity contribution in [3.05, 3.63) is 23.8 Å². The molecule has 1 amide bonds. The summed E-state index contributed by atoms with van der Waals surface area (Å²) in [6, 6.07) is 5.83. The minimum atomic E-state index is -0.0856. The maximum Gasteiger partial charge on any atom is 0.251 e. The van der Waals surface area contributed by atoms with E-state index in [0.29, 0.717) is 23.2 Å². The van der Waals surface area contributed by atoms with Crippen LogP contribution < -0.4 is 16.4 Å². The molecule has 0 radical (unpaired) electrons. The molecule has 1 aromatic carbocycles. The van der Waals surface area contributed by atoms with E-state index in [4.69, 9.17) is 5.73 Å². The normalized spacial score (nSPS) is 22.8. The molecule has 4 nitrogen and oxygen atoms in total. The molecule has 1 fully saturated rings. The Morgan fingerprint density at radius 3 is 2.78 bits per heavy atom. The Bertz CT molecular complexity index is 445. The quantitative estimate of drug-likeness (QED) is 0.717. The van der Waals surface area contributed by atoms with Gasteiger partial charge in [0.15, 0.2) is 0 Å². The van der Waals surface area contributed by atoms with E-state index >= 15 is 0 Å². The Hall–Kier alpha value is -1.71. The first-order chi connectivity index (χ1) is 8.61. The van der Waals surface area contributed by atoms with Crippen LogP contribution in [0.4, 0.5) is 11.4 Å². The molecule has 0 saturated heterocycles. The second kappa shape index (κ2) is 5.29. The van der Waals surface area contributed by atoms with Crippen molar-refractivity contribution in [3.63, 3.8) is 0 Å². The van der Waals surface area contributed by atoms with Gasteiger partial charge in [0.05, 0.1) is 11.4 Å². The van der Waals surface area contributed by atoms with Crippen LogP contribution in [0, 0.1) is 5.92 Å². The molecule has 98 valence electrons. The monoisotopic (exact) mass is 247 g/mol. The highest BCUT2D eigenvalue weighted by molar-refractivity contribution is 5.96. The van der Waals surface area contributed by atoms with Crippen molar-refractivity contribution in [1.29, 1.82) is 0 Å². The van der Waals surface area contributed by atoms with Crippen molar-refractivity contribution in [2.45, 2.75) is 32.2 Å². The first-order valence-corrected chi connectivity index (χ1v) is 6.50. The molecule has 0 aromatic heterocycles. The van der Waals surface area contributed by atoms with Crippen LogP contribution in [-0.2, 0) is 0 Å². The van der Waals surface area contributed by atoms with Crippen LogP contribution in [0.15, 0.2) is 18.2 Å². The molecule has 1 aliphatic rings. The Labute approximate surface area is 108 Å². The molecule has 18 heavy (non-hydrogen) atoms. The molecule has 2 atom stereocenters. The minimum absolute atomic E-state index is 0.0856. The molecule has 0 bridgehead atoms. The maximum absolute atomic E-state index is 11.6. The van der Waals surface area contributed by atoms with Crippen molar-refractivity contribution < 1.29 is 4.79 Å². The largest absolute Gasteiger partial charge is 0.397 e. The number of rotatable bonds is 3. The smallest absolute Gasteiger partial charge is 0.251 e. The van der Waals surface area contributed by atoms with Crippen LogP contribution in [0.1, 0.15) is 36.5 Å². The third-order valence-electron chi connectivity index (χ3n) is 3.74. The number of nitrogens with one attached hydrogen (secondary N) is 2. The number of nitrogen functional groups attached to an aromatic ring is 1. The van der Waals surface area contributed by atoms with E-state index in [1.54, 1.807) is 19.2 Å². The molecule has 4 heteroatoms. The third-order valence-corrected chi connectivity index (χ3v) is 3.74. The molecule has 4 N–H and O–H groups in total. The zero-order valence-electron chi connectivity index (χ0n) is 11.0. The van der Waals surface area contributed by atoms with Gasteiger partial charge in [0.2, 0.25) is 0 Å². The molecule has 0 heterocycles. The van der Waals surface area contributed by atoms with Gasteiger partial charge in [-0.1, -0.05) is 13.3 Å². The van der Waals surface area contributed by atoms with Gasteiger partial charge in [-0.2, -0.15) is 0 Å². The van der Waals surface area contributed by atoms with E-state index in [1.807, 2.05) is 6.07 Å². The maximum atomic E-state index is 11.6. The summed E-state index contributed by atoms with van der Waals surface area (Å²) in [5.41, 5.74) is 8.17. The predicted molar refractivity (Wildman–Crippen MR) is 74.7 cm³/mol. The lowest BCUT2D eigenvalue weighted by Gasteiger charge is -2.20. The number of carbonyl (C=O) groups is 1. The Morgan fingerprint density at radius 1 is 1.39 bits per heavy atom. The van der Waals surface area contributed by atoms with Crippen LogP contribution in [0.25, 0.3) is 0 Å². The highest BCUT2D eigenvalue weighted by Crippen LogP contribution is 2.30. The van der Waals surface area contributed by atoms with Crippen LogP contribution in [0.2, 0.25) is 0 Å². The zero-order valence-corrected chi connectivity index (χ0v) is 11.0. The highest BCUT2D eigenvalue weighted by atomic mass is 16.1. The van der Waals surface area contributed by atoms with Crippen molar-refractivity contribution in [1.82, 2.24) is 5.32 Å². The minimum Gasteiger partial charge on any atom is -0.397 e. The summed E-state index contributed by atoms with van der Waals surface area (Å²) in [6.07, 6.45) is 3.69. The molecule has 1 aliphatic carbocycles. The van der Waals surface area contributed by atoms with Crippen LogP contribution in [0.5, 0.6) is 0 Å². The topological polar surface area (TPSA) is 67.2 Å². The Kier molecular flexibility index (Phi) is 3.75. The predicted octanol–water partition coefficient (Wildman–Crippen LogP) is 2.23. The average Bonchev–Trinajstić information content (AvgIpc) is 2.77. The number of hydrogen-bond donors (Lipinski definition) is 3. The molecule has 1 aromatic rings. The summed E-state index contributed by atoms with van der Waals surface area (Å²) in [5, 5.41) is 6.10. The van der Waals surface area contributed by atoms with Crippen LogP contribution in [0.3, 0.4) is 0 Å². The summed E-state index contributed by atoms with van der Waals surface area (Å²) in [6.45, 7) is 2.25. The van der Waals surface area contributed by atoms with E-state index in [-0.39, 0.29) is 5.91 Å². The molecular formula is C14H21N3O. The van der Waals surface area contributed by atoms with E-state index in [9.17, 15) is 4.79 Å². The second-order valence-corrected chi connectivity index (χ2v) is 5.04. The third kappa shape index (κ3) is 2.58. The fourth-order valence-electron chi connectivity index (χ4n) is 2.53. The number of amides is 1. The van der Waals surface area contributed by atoms with Gasteiger partial charge in [-0.05, 0) is 37.0 Å². The van der Waals surface area contributed by atoms with Gasteiger partial charge < -0.3 is 16.4 Å². The summed E-state index contributed by atoms with van der Waals surface area (Å²) in [5.74, 6) is 0.575. The summed E-state index contributed by atoms with van der Waals surface area (Å²) in [7, 11) is 1.63. The van der Waals surface area contributed by atoms with E-state index in [2.05, 4.69) is 17.6 Å². The van der Waals surface area contributed by atoms with Gasteiger partial charge in [-0.3, -0.25) is 4.79 Å². The zero-order chi connectivity index (χ0) is 13.1. The van der Waals surface area contributed by atoms with Crippen molar-refractivity contribution in [2.24, 2.45) is 5.92 Å². The van der Waals surface area contributed by atoms with Gasteiger partial charge in [-0.25, -0.2) is 0 Å². The van der Waals surface area contributed by atoms with Crippen LogP contribution in [-0.4, -0.2) is 19.0 Å². The molecule has 0 aliphatic heterocycles. The Morgan fingerprint density at radius 2 is 2.17 bits per heavy atom. The molecule has 1 saturated carbocycles. The van der Waals surface area contributed by atoms with E-state index in [1.165, 1.54) is 19.3 Å². The first kappa shape index (κ1) is 12.7. The highest BCUT2D eigenvalue weighted by Gasteiger charge is 2.23. The van der Waals surface area contributed by atoms with Crippen molar-refractivity contribution >= 4 is 17.3 Å². The molecule has 0 spiro atoms. The number of carbonyl (C=O) groups excluding carboxylic acids is 1. The standard InChI is InChI=1S/C14H21N3O/c1-9-4-3-5-12(9)17-13-8-10(14(18)16-2)6-7-11(13)15/h6-9,12,17H,3-5,15H2,1-2H3,(H,16,18). The van der Waals surface area contributed by atoms with Gasteiger partial charge in [0, 0.05) is 18.7 Å². The SMILES string of the molecule is CNC(=O)c1ccc(N)c(NC2CCCC2C)c1. The number of benzene rings is 1. The lowest BCUT2D eigenvalue weighted by molar-refractivity contribution is 0.0963. The van der Waals surface area contributed by atoms with Gasteiger partial charge in [0.25, 0.3) is 5.91 Å². The van der Waals surface area contributed by atoms with Crippen molar-refractivity contribution in [2.75, 3.05) is 18.1 Å². The van der Waals surface area contributed by atoms with E-state index < -0.39 is 0 Å². The number of hydrogen-bond acceptors (Lipinski definition) is 3. The molecule has 2 unspecified atom stereocenters. The van der Waals surface area contributed by atoms with Crippen molar-refractivity contribution in [3.8, 4) is 0 Å². The second-order valence-electron chi connectivity index (χ2n) is 5.04. The van der Waals surface area contributed by atoms with Gasteiger partial charge >= 0.3 is 0 Å². The average molecular weight is 247 g/mol. The lowest BCUT2D eigenvalue weighted by Crippen LogP contribution is -2.23. The summed E-state index contributed by atoms with van der Waals surface area (Å²) < 4.78 is 0. The Balaban J connectivity index is 2.18. The lowest BCUT2D eigenvalue weighted by atomic mass is 10.1. The van der Waals surface area contributed by atoms with Gasteiger partial charge in [0.1, 0.15) is 0 Å². The summed E-state index contributed by atoms with van der Waals surface area (Å²) in [4.78, 5) is 11.6. The van der Waals surface area contributed by atoms with Crippen LogP contribution >= 0.6 is 0 Å². The fourth-order valence-corrected chi connectivity index (χ4v) is 2.53.